The molecule has 1 aromatic heterocycles. The van der Waals surface area contributed by atoms with E-state index in [4.69, 9.17) is 0 Å². The molecule has 6 nitrogen and oxygen atoms in total. The molecule has 2 rings (SSSR count). The third kappa shape index (κ3) is 4.49. The van der Waals surface area contributed by atoms with E-state index in [1.807, 2.05) is 0 Å². The summed E-state index contributed by atoms with van der Waals surface area (Å²) in [6, 6.07) is 5.86. The zero-order chi connectivity index (χ0) is 17.0. The standard InChI is InChI=1S/C15H16FN3O3S/c1-3-23(21,22)9-7-15(20)17-14-6-8-19(18-14)13-5-4-12(16)10-11(13)2/h3-6,8,10H,1,7,9H2,2H3,(H,17,18,20). The molecule has 1 aromatic carbocycles. The van der Waals surface area contributed by atoms with Crippen molar-refractivity contribution in [2.75, 3.05) is 11.1 Å². The van der Waals surface area contributed by atoms with Crippen molar-refractivity contribution in [2.45, 2.75) is 13.3 Å². The van der Waals surface area contributed by atoms with E-state index in [2.05, 4.69) is 17.0 Å². The van der Waals surface area contributed by atoms with Gasteiger partial charge in [-0.1, -0.05) is 6.58 Å². The number of amides is 1. The van der Waals surface area contributed by atoms with Crippen LogP contribution in [-0.4, -0.2) is 29.9 Å². The molecular weight excluding hydrogens is 321 g/mol. The highest BCUT2D eigenvalue weighted by Crippen LogP contribution is 2.16. The summed E-state index contributed by atoms with van der Waals surface area (Å²) in [5.74, 6) is -0.818. The first-order valence-electron chi connectivity index (χ1n) is 6.78. The van der Waals surface area contributed by atoms with Crippen LogP contribution in [0.25, 0.3) is 5.69 Å². The second-order valence-electron chi connectivity index (χ2n) is 4.91. The second kappa shape index (κ2) is 6.74. The number of nitrogens with one attached hydrogen (secondary N) is 1. The van der Waals surface area contributed by atoms with Gasteiger partial charge in [-0.15, -0.1) is 0 Å². The van der Waals surface area contributed by atoms with Crippen LogP contribution in [0.1, 0.15) is 12.0 Å². The minimum atomic E-state index is -3.41. The van der Waals surface area contributed by atoms with Crippen molar-refractivity contribution < 1.29 is 17.6 Å². The fourth-order valence-corrected chi connectivity index (χ4v) is 2.56. The van der Waals surface area contributed by atoms with Crippen molar-refractivity contribution in [1.82, 2.24) is 9.78 Å². The van der Waals surface area contributed by atoms with Gasteiger partial charge in [0.15, 0.2) is 15.7 Å². The van der Waals surface area contributed by atoms with Gasteiger partial charge in [0.05, 0.1) is 11.4 Å². The average Bonchev–Trinajstić information content (AvgIpc) is 2.93. The first-order valence-corrected chi connectivity index (χ1v) is 8.49. The van der Waals surface area contributed by atoms with Gasteiger partial charge in [-0.25, -0.2) is 17.5 Å². The molecule has 8 heteroatoms. The van der Waals surface area contributed by atoms with Crippen LogP contribution in [0, 0.1) is 12.7 Å². The summed E-state index contributed by atoms with van der Waals surface area (Å²) < 4.78 is 37.1. The number of hydrogen-bond acceptors (Lipinski definition) is 4. The Balaban J connectivity index is 2.05. The molecule has 0 unspecified atom stereocenters. The maximum atomic E-state index is 13.1. The molecule has 23 heavy (non-hydrogen) atoms. The zero-order valence-electron chi connectivity index (χ0n) is 12.5. The Hall–Kier alpha value is -2.48. The zero-order valence-corrected chi connectivity index (χ0v) is 13.3. The van der Waals surface area contributed by atoms with Gasteiger partial charge in [0.2, 0.25) is 5.91 Å². The van der Waals surface area contributed by atoms with Gasteiger partial charge in [-0.05, 0) is 30.7 Å². The van der Waals surface area contributed by atoms with E-state index in [0.717, 1.165) is 5.41 Å². The predicted octanol–water partition coefficient (Wildman–Crippen LogP) is 2.21. The molecule has 1 amide bonds. The molecule has 0 atom stereocenters. The maximum absolute atomic E-state index is 13.1. The highest BCUT2D eigenvalue weighted by Gasteiger charge is 2.11. The molecule has 0 spiro atoms. The van der Waals surface area contributed by atoms with Gasteiger partial charge < -0.3 is 5.32 Å². The van der Waals surface area contributed by atoms with Crippen molar-refractivity contribution in [3.05, 3.63) is 53.8 Å². The minimum absolute atomic E-state index is 0.184. The highest BCUT2D eigenvalue weighted by atomic mass is 32.2. The summed E-state index contributed by atoms with van der Waals surface area (Å²) in [5, 5.41) is 7.51. The van der Waals surface area contributed by atoms with E-state index in [9.17, 15) is 17.6 Å². The fraction of sp³-hybridized carbons (Fsp3) is 0.200. The van der Waals surface area contributed by atoms with Crippen molar-refractivity contribution in [3.63, 3.8) is 0 Å². The Kier molecular flexibility index (Phi) is 4.95. The number of carbonyl (C=O) groups excluding carboxylic acids is 1. The lowest BCUT2D eigenvalue weighted by Gasteiger charge is -2.06. The van der Waals surface area contributed by atoms with Gasteiger partial charge in [0, 0.05) is 24.1 Å². The molecule has 1 N–H and O–H groups in total. The largest absolute Gasteiger partial charge is 0.309 e. The molecule has 0 radical (unpaired) electrons. The number of anilines is 1. The number of carbonyl (C=O) groups is 1. The highest BCUT2D eigenvalue weighted by molar-refractivity contribution is 7.94. The van der Waals surface area contributed by atoms with Crippen molar-refractivity contribution in [3.8, 4) is 5.69 Å². The van der Waals surface area contributed by atoms with E-state index >= 15 is 0 Å². The molecule has 0 fully saturated rings. The van der Waals surface area contributed by atoms with Crippen LogP contribution >= 0.6 is 0 Å². The average molecular weight is 337 g/mol. The van der Waals surface area contributed by atoms with Gasteiger partial charge in [-0.2, -0.15) is 5.10 Å². The summed E-state index contributed by atoms with van der Waals surface area (Å²) in [7, 11) is -3.41. The van der Waals surface area contributed by atoms with E-state index < -0.39 is 15.7 Å². The second-order valence-corrected chi connectivity index (χ2v) is 6.98. The minimum Gasteiger partial charge on any atom is -0.309 e. The Bertz CT molecular complexity index is 843. The Morgan fingerprint density at radius 3 is 2.83 bits per heavy atom. The van der Waals surface area contributed by atoms with Gasteiger partial charge in [0.1, 0.15) is 5.82 Å². The molecule has 0 saturated heterocycles. The Labute approximate surface area is 133 Å². The van der Waals surface area contributed by atoms with Crippen LogP contribution in [0.4, 0.5) is 10.2 Å². The molecule has 0 saturated carbocycles. The quantitative estimate of drug-likeness (QED) is 0.876. The number of aryl methyl sites for hydroxylation is 1. The number of sulfone groups is 1. The predicted molar refractivity (Wildman–Crippen MR) is 85.5 cm³/mol. The topological polar surface area (TPSA) is 81.1 Å². The van der Waals surface area contributed by atoms with Gasteiger partial charge >= 0.3 is 0 Å². The first kappa shape index (κ1) is 16.9. The number of halogens is 1. The SMILES string of the molecule is C=CS(=O)(=O)CCC(=O)Nc1ccn(-c2ccc(F)cc2C)n1. The molecule has 1 heterocycles. The lowest BCUT2D eigenvalue weighted by Crippen LogP contribution is -2.16. The third-order valence-corrected chi connectivity index (χ3v) is 4.41. The van der Waals surface area contributed by atoms with Gasteiger partial charge in [0.25, 0.3) is 0 Å². The van der Waals surface area contributed by atoms with E-state index in [-0.39, 0.29) is 23.8 Å². The summed E-state index contributed by atoms with van der Waals surface area (Å²) in [5.41, 5.74) is 1.38. The Morgan fingerprint density at radius 2 is 2.17 bits per heavy atom. The van der Waals surface area contributed by atoms with Crippen LogP contribution in [0.15, 0.2) is 42.4 Å². The van der Waals surface area contributed by atoms with Crippen LogP contribution in [0.2, 0.25) is 0 Å². The lowest BCUT2D eigenvalue weighted by atomic mass is 10.2. The van der Waals surface area contributed by atoms with Crippen LogP contribution < -0.4 is 5.32 Å². The summed E-state index contributed by atoms with van der Waals surface area (Å²) >= 11 is 0. The van der Waals surface area contributed by atoms with Gasteiger partial charge in [-0.3, -0.25) is 4.79 Å². The molecule has 0 aliphatic heterocycles. The summed E-state index contributed by atoms with van der Waals surface area (Å²) in [6.45, 7) is 4.93. The molecule has 0 bridgehead atoms. The molecule has 122 valence electrons. The summed E-state index contributed by atoms with van der Waals surface area (Å²) in [6.07, 6.45) is 1.44. The van der Waals surface area contributed by atoms with Crippen LogP contribution in [-0.2, 0) is 14.6 Å². The van der Waals surface area contributed by atoms with Crippen LogP contribution in [0.5, 0.6) is 0 Å². The van der Waals surface area contributed by atoms with Crippen molar-refractivity contribution in [1.29, 1.82) is 0 Å². The fourth-order valence-electron chi connectivity index (χ4n) is 1.92. The smallest absolute Gasteiger partial charge is 0.226 e. The normalized spacial score (nSPS) is 11.2. The molecule has 2 aromatic rings. The van der Waals surface area contributed by atoms with E-state index in [1.54, 1.807) is 25.3 Å². The monoisotopic (exact) mass is 337 g/mol. The molecule has 0 aliphatic carbocycles. The van der Waals surface area contributed by atoms with E-state index in [0.29, 0.717) is 11.3 Å². The number of rotatable bonds is 6. The number of aromatic nitrogens is 2. The lowest BCUT2D eigenvalue weighted by molar-refractivity contribution is -0.115. The number of benzene rings is 1. The Morgan fingerprint density at radius 1 is 1.43 bits per heavy atom. The van der Waals surface area contributed by atoms with Crippen LogP contribution in [0.3, 0.4) is 0 Å². The third-order valence-electron chi connectivity index (χ3n) is 3.13. The number of nitrogens with zero attached hydrogens (tertiary/aromatic N) is 2. The van der Waals surface area contributed by atoms with E-state index in [1.165, 1.54) is 16.8 Å². The van der Waals surface area contributed by atoms with Crippen molar-refractivity contribution >= 4 is 21.6 Å². The summed E-state index contributed by atoms with van der Waals surface area (Å²) in [4.78, 5) is 11.7. The first-order chi connectivity index (χ1) is 10.8. The molecular formula is C15H16FN3O3S. The van der Waals surface area contributed by atoms with Crippen molar-refractivity contribution in [2.24, 2.45) is 0 Å². The maximum Gasteiger partial charge on any atom is 0.226 e. The number of hydrogen-bond donors (Lipinski definition) is 1. The molecule has 0 aliphatic rings.